The number of anilines is 2. The molecule has 0 bridgehead atoms. The molecule has 0 unspecified atom stereocenters. The zero-order valence-corrected chi connectivity index (χ0v) is 16.5. The number of rotatable bonds is 7. The Morgan fingerprint density at radius 1 is 1.11 bits per heavy atom. The summed E-state index contributed by atoms with van der Waals surface area (Å²) < 4.78 is 25.2. The van der Waals surface area contributed by atoms with Gasteiger partial charge in [0.2, 0.25) is 21.8 Å². The summed E-state index contributed by atoms with van der Waals surface area (Å²) in [6, 6.07) is 16.1. The quantitative estimate of drug-likeness (QED) is 0.771. The maximum absolute atomic E-state index is 12.4. The van der Waals surface area contributed by atoms with Gasteiger partial charge in [0.25, 0.3) is 0 Å². The summed E-state index contributed by atoms with van der Waals surface area (Å²) in [4.78, 5) is 25.9. The monoisotopic (exact) mass is 401 g/mol. The number of amides is 2. The van der Waals surface area contributed by atoms with Gasteiger partial charge < -0.3 is 10.2 Å². The van der Waals surface area contributed by atoms with Gasteiger partial charge in [-0.05, 0) is 36.2 Å². The first-order valence-electron chi connectivity index (χ1n) is 9.02. The maximum Gasteiger partial charge on any atom is 0.239 e. The first-order valence-corrected chi connectivity index (χ1v) is 10.9. The van der Waals surface area contributed by atoms with E-state index in [1.165, 1.54) is 0 Å². The van der Waals surface area contributed by atoms with Crippen molar-refractivity contribution in [3.63, 3.8) is 0 Å². The lowest BCUT2D eigenvalue weighted by molar-refractivity contribution is -0.117. The van der Waals surface area contributed by atoms with Crippen LogP contribution in [-0.4, -0.2) is 43.9 Å². The first kappa shape index (κ1) is 20.0. The van der Waals surface area contributed by atoms with Crippen LogP contribution in [0.3, 0.4) is 0 Å². The molecule has 28 heavy (non-hydrogen) atoms. The molecule has 0 atom stereocenters. The van der Waals surface area contributed by atoms with E-state index in [-0.39, 0.29) is 19.0 Å². The van der Waals surface area contributed by atoms with Gasteiger partial charge >= 0.3 is 0 Å². The molecule has 0 radical (unpaired) electrons. The Morgan fingerprint density at radius 3 is 2.36 bits per heavy atom. The Morgan fingerprint density at radius 2 is 1.79 bits per heavy atom. The molecule has 1 saturated heterocycles. The van der Waals surface area contributed by atoms with Crippen LogP contribution in [0.5, 0.6) is 0 Å². The van der Waals surface area contributed by atoms with E-state index in [2.05, 4.69) is 5.32 Å². The molecule has 1 fully saturated rings. The Balaban J connectivity index is 1.63. The van der Waals surface area contributed by atoms with Crippen molar-refractivity contribution in [2.45, 2.75) is 19.4 Å². The molecular weight excluding hydrogens is 378 g/mol. The van der Waals surface area contributed by atoms with Crippen molar-refractivity contribution in [2.24, 2.45) is 0 Å². The van der Waals surface area contributed by atoms with Crippen LogP contribution in [0.2, 0.25) is 0 Å². The minimum atomic E-state index is -3.55. The standard InChI is InChI=1S/C20H23N3O4S/c1-28(26,27)22(14-16-6-3-2-4-7-16)15-19(24)21-17-9-11-18(12-10-17)23-13-5-8-20(23)25/h2-4,6-7,9-12H,5,8,13-15H2,1H3,(H,21,24). The number of nitrogens with zero attached hydrogens (tertiary/aromatic N) is 2. The van der Waals surface area contributed by atoms with Crippen molar-refractivity contribution in [3.8, 4) is 0 Å². The van der Waals surface area contributed by atoms with Crippen LogP contribution in [0.1, 0.15) is 18.4 Å². The molecule has 0 aromatic heterocycles. The van der Waals surface area contributed by atoms with Crippen molar-refractivity contribution in [1.29, 1.82) is 0 Å². The zero-order valence-electron chi connectivity index (χ0n) is 15.7. The van der Waals surface area contributed by atoms with E-state index in [9.17, 15) is 18.0 Å². The third kappa shape index (κ3) is 5.17. The second kappa shape index (κ2) is 8.53. The topological polar surface area (TPSA) is 86.8 Å². The summed E-state index contributed by atoms with van der Waals surface area (Å²) in [5.74, 6) is -0.326. The molecule has 1 aliphatic rings. The number of nitrogens with one attached hydrogen (secondary N) is 1. The van der Waals surface area contributed by atoms with Gasteiger partial charge in [0, 0.05) is 30.9 Å². The van der Waals surface area contributed by atoms with Crippen LogP contribution in [0, 0.1) is 0 Å². The van der Waals surface area contributed by atoms with Crippen molar-refractivity contribution in [3.05, 3.63) is 60.2 Å². The number of hydrogen-bond donors (Lipinski definition) is 1. The Hall–Kier alpha value is -2.71. The predicted octanol–water partition coefficient (Wildman–Crippen LogP) is 2.21. The maximum atomic E-state index is 12.4. The molecule has 148 valence electrons. The highest BCUT2D eigenvalue weighted by atomic mass is 32.2. The van der Waals surface area contributed by atoms with Crippen molar-refractivity contribution < 1.29 is 18.0 Å². The Kier molecular flexibility index (Phi) is 6.11. The smallest absolute Gasteiger partial charge is 0.239 e. The molecule has 7 nitrogen and oxygen atoms in total. The molecular formula is C20H23N3O4S. The van der Waals surface area contributed by atoms with Crippen molar-refractivity contribution in [1.82, 2.24) is 4.31 Å². The van der Waals surface area contributed by atoms with Crippen LogP contribution in [-0.2, 0) is 26.2 Å². The highest BCUT2D eigenvalue weighted by Crippen LogP contribution is 2.23. The van der Waals surface area contributed by atoms with Crippen LogP contribution >= 0.6 is 0 Å². The third-order valence-electron chi connectivity index (χ3n) is 4.53. The van der Waals surface area contributed by atoms with Gasteiger partial charge in [0.05, 0.1) is 12.8 Å². The van der Waals surface area contributed by atoms with Gasteiger partial charge in [-0.25, -0.2) is 8.42 Å². The van der Waals surface area contributed by atoms with E-state index in [0.29, 0.717) is 18.7 Å². The summed E-state index contributed by atoms with van der Waals surface area (Å²) in [6.45, 7) is 0.552. The average molecular weight is 401 g/mol. The van der Waals surface area contributed by atoms with Crippen molar-refractivity contribution >= 4 is 33.2 Å². The highest BCUT2D eigenvalue weighted by Gasteiger charge is 2.22. The van der Waals surface area contributed by atoms with Crippen LogP contribution in [0.25, 0.3) is 0 Å². The molecule has 0 aliphatic carbocycles. The Labute approximate surface area is 165 Å². The Bertz CT molecular complexity index is 943. The predicted molar refractivity (Wildman–Crippen MR) is 108 cm³/mol. The molecule has 1 aliphatic heterocycles. The SMILES string of the molecule is CS(=O)(=O)N(CC(=O)Nc1ccc(N2CCCC2=O)cc1)Cc1ccccc1. The molecule has 2 aromatic carbocycles. The lowest BCUT2D eigenvalue weighted by Gasteiger charge is -2.20. The average Bonchev–Trinajstić information content (AvgIpc) is 3.08. The molecule has 1 N–H and O–H groups in total. The second-order valence-corrected chi connectivity index (χ2v) is 8.74. The minimum Gasteiger partial charge on any atom is -0.325 e. The van der Waals surface area contributed by atoms with Crippen LogP contribution in [0.4, 0.5) is 11.4 Å². The molecule has 8 heteroatoms. The fraction of sp³-hybridized carbons (Fsp3) is 0.300. The van der Waals surface area contributed by atoms with Gasteiger partial charge in [-0.2, -0.15) is 4.31 Å². The zero-order chi connectivity index (χ0) is 20.1. The normalized spacial score (nSPS) is 14.5. The van der Waals surface area contributed by atoms with Gasteiger partial charge in [0.15, 0.2) is 0 Å². The summed E-state index contributed by atoms with van der Waals surface area (Å²) in [5, 5.41) is 2.71. The fourth-order valence-corrected chi connectivity index (χ4v) is 3.82. The number of sulfonamides is 1. The summed E-state index contributed by atoms with van der Waals surface area (Å²) in [7, 11) is -3.55. The second-order valence-electron chi connectivity index (χ2n) is 6.76. The summed E-state index contributed by atoms with van der Waals surface area (Å²) in [6.07, 6.45) is 2.49. The van der Waals surface area contributed by atoms with Crippen LogP contribution in [0.15, 0.2) is 54.6 Å². The molecule has 2 amide bonds. The lowest BCUT2D eigenvalue weighted by atomic mass is 10.2. The number of carbonyl (C=O) groups excluding carboxylic acids is 2. The van der Waals surface area contributed by atoms with E-state index in [1.807, 2.05) is 30.3 Å². The number of hydrogen-bond acceptors (Lipinski definition) is 4. The first-order chi connectivity index (χ1) is 13.3. The molecule has 1 heterocycles. The fourth-order valence-electron chi connectivity index (χ4n) is 3.08. The number of carbonyl (C=O) groups is 2. The minimum absolute atomic E-state index is 0.0986. The van der Waals surface area contributed by atoms with Gasteiger partial charge in [-0.1, -0.05) is 30.3 Å². The van der Waals surface area contributed by atoms with Gasteiger partial charge in [-0.15, -0.1) is 0 Å². The van der Waals surface area contributed by atoms with Crippen LogP contribution < -0.4 is 10.2 Å². The molecule has 0 spiro atoms. The van der Waals surface area contributed by atoms with E-state index >= 15 is 0 Å². The highest BCUT2D eigenvalue weighted by molar-refractivity contribution is 7.88. The van der Waals surface area contributed by atoms with Crippen molar-refractivity contribution in [2.75, 3.05) is 29.6 Å². The third-order valence-corrected chi connectivity index (χ3v) is 5.72. The molecule has 2 aromatic rings. The molecule has 0 saturated carbocycles. The van der Waals surface area contributed by atoms with E-state index in [1.54, 1.807) is 29.2 Å². The van der Waals surface area contributed by atoms with E-state index < -0.39 is 15.9 Å². The van der Waals surface area contributed by atoms with E-state index in [0.717, 1.165) is 28.2 Å². The summed E-state index contributed by atoms with van der Waals surface area (Å²) in [5.41, 5.74) is 2.15. The number of benzene rings is 2. The molecule has 3 rings (SSSR count). The summed E-state index contributed by atoms with van der Waals surface area (Å²) >= 11 is 0. The lowest BCUT2D eigenvalue weighted by Crippen LogP contribution is -2.36. The van der Waals surface area contributed by atoms with Gasteiger partial charge in [-0.3, -0.25) is 9.59 Å². The van der Waals surface area contributed by atoms with Gasteiger partial charge in [0.1, 0.15) is 0 Å². The van der Waals surface area contributed by atoms with E-state index in [4.69, 9.17) is 0 Å². The largest absolute Gasteiger partial charge is 0.325 e.